The maximum Gasteiger partial charge on any atom is 0.193 e. The van der Waals surface area contributed by atoms with E-state index in [0.29, 0.717) is 0 Å². The molecule has 1 aromatic heterocycles. The normalized spacial score (nSPS) is 15.5. The largest absolute Gasteiger partial charge is 0.368 e. The van der Waals surface area contributed by atoms with Gasteiger partial charge in [-0.2, -0.15) is 0 Å². The third-order valence-corrected chi connectivity index (χ3v) is 5.69. The molecule has 134 valence electrons. The Hall–Kier alpha value is -2.08. The Kier molecular flexibility index (Phi) is 6.28. The summed E-state index contributed by atoms with van der Waals surface area (Å²) in [4.78, 5) is 15.1. The number of para-hydroxylation sites is 1. The van der Waals surface area contributed by atoms with Crippen LogP contribution < -0.4 is 10.2 Å². The van der Waals surface area contributed by atoms with Gasteiger partial charge >= 0.3 is 0 Å². The molecule has 1 aromatic carbocycles. The number of nitrogens with one attached hydrogen (secondary N) is 1. The molecule has 2 aromatic rings. The molecule has 1 aliphatic heterocycles. The number of rotatable bonds is 5. The summed E-state index contributed by atoms with van der Waals surface area (Å²) in [7, 11) is 1.87. The first-order chi connectivity index (χ1) is 12.3. The van der Waals surface area contributed by atoms with Crippen LogP contribution in [0.3, 0.4) is 0 Å². The molecule has 5 nitrogen and oxygen atoms in total. The fourth-order valence-electron chi connectivity index (χ4n) is 3.06. The molecule has 0 bridgehead atoms. The van der Waals surface area contributed by atoms with Gasteiger partial charge in [-0.25, -0.2) is 4.98 Å². The number of piperazine rings is 1. The molecule has 0 spiro atoms. The molecule has 1 saturated heterocycles. The Bertz CT molecular complexity index is 674. The van der Waals surface area contributed by atoms with Gasteiger partial charge in [-0.3, -0.25) is 4.99 Å². The lowest BCUT2D eigenvalue weighted by Gasteiger charge is -2.37. The van der Waals surface area contributed by atoms with Crippen LogP contribution in [0.25, 0.3) is 0 Å². The van der Waals surface area contributed by atoms with Crippen LogP contribution in [-0.4, -0.2) is 55.6 Å². The number of guanidine groups is 1. The van der Waals surface area contributed by atoms with Gasteiger partial charge in [0.15, 0.2) is 5.96 Å². The monoisotopic (exact) mass is 357 g/mol. The number of aryl methyl sites for hydroxylation is 1. The summed E-state index contributed by atoms with van der Waals surface area (Å²) >= 11 is 1.81. The predicted molar refractivity (Wildman–Crippen MR) is 107 cm³/mol. The number of thiazole rings is 1. The summed E-state index contributed by atoms with van der Waals surface area (Å²) in [6.45, 7) is 7.08. The Balaban J connectivity index is 1.46. The van der Waals surface area contributed by atoms with Gasteiger partial charge in [-0.15, -0.1) is 11.3 Å². The minimum Gasteiger partial charge on any atom is -0.368 e. The molecule has 0 saturated carbocycles. The Morgan fingerprint density at radius 2 is 1.96 bits per heavy atom. The van der Waals surface area contributed by atoms with Crippen molar-refractivity contribution in [2.45, 2.75) is 19.8 Å². The smallest absolute Gasteiger partial charge is 0.193 e. The summed E-state index contributed by atoms with van der Waals surface area (Å²) in [5.74, 6) is 1.000. The van der Waals surface area contributed by atoms with Crippen LogP contribution >= 0.6 is 11.3 Å². The molecule has 0 aliphatic carbocycles. The summed E-state index contributed by atoms with van der Waals surface area (Å²) in [6, 6.07) is 10.6. The van der Waals surface area contributed by atoms with E-state index in [2.05, 4.69) is 62.3 Å². The zero-order valence-electron chi connectivity index (χ0n) is 15.1. The molecular weight excluding hydrogens is 330 g/mol. The standard InChI is InChI=1S/C19H27N5S/c1-3-17-15-22-18(25-17)9-10-21-19(20-2)24-13-11-23(12-14-24)16-7-5-4-6-8-16/h4-8,15H,3,9-14H2,1-2H3,(H,20,21). The number of benzene rings is 1. The molecule has 25 heavy (non-hydrogen) atoms. The highest BCUT2D eigenvalue weighted by atomic mass is 32.1. The zero-order valence-corrected chi connectivity index (χ0v) is 15.9. The Morgan fingerprint density at radius 1 is 1.20 bits per heavy atom. The number of hydrogen-bond donors (Lipinski definition) is 1. The van der Waals surface area contributed by atoms with Crippen molar-refractivity contribution >= 4 is 23.0 Å². The molecular formula is C19H27N5S. The Labute approximate surface area is 154 Å². The molecule has 3 rings (SSSR count). The molecule has 2 heterocycles. The highest BCUT2D eigenvalue weighted by Crippen LogP contribution is 2.16. The van der Waals surface area contributed by atoms with Gasteiger partial charge in [0.25, 0.3) is 0 Å². The van der Waals surface area contributed by atoms with Gasteiger partial charge in [0.2, 0.25) is 0 Å². The third-order valence-electron chi connectivity index (χ3n) is 4.48. The maximum absolute atomic E-state index is 4.48. The Morgan fingerprint density at radius 3 is 2.60 bits per heavy atom. The van der Waals surface area contributed by atoms with Crippen molar-refractivity contribution in [2.24, 2.45) is 4.99 Å². The topological polar surface area (TPSA) is 43.8 Å². The van der Waals surface area contributed by atoms with Gasteiger partial charge in [-0.05, 0) is 18.6 Å². The lowest BCUT2D eigenvalue weighted by Crippen LogP contribution is -2.52. The third kappa shape index (κ3) is 4.72. The van der Waals surface area contributed by atoms with Crippen molar-refractivity contribution in [3.05, 3.63) is 46.4 Å². The molecule has 1 aliphatic rings. The SMILES string of the molecule is CCc1cnc(CCNC(=NC)N2CCN(c3ccccc3)CC2)s1. The summed E-state index contributed by atoms with van der Waals surface area (Å²) in [6.07, 6.45) is 4.02. The average molecular weight is 358 g/mol. The van der Waals surface area contributed by atoms with Crippen molar-refractivity contribution in [1.82, 2.24) is 15.2 Å². The van der Waals surface area contributed by atoms with Crippen LogP contribution in [0, 0.1) is 0 Å². The van der Waals surface area contributed by atoms with Crippen LogP contribution in [0.2, 0.25) is 0 Å². The van der Waals surface area contributed by atoms with E-state index in [1.54, 1.807) is 0 Å². The van der Waals surface area contributed by atoms with Crippen LogP contribution in [0.4, 0.5) is 5.69 Å². The van der Waals surface area contributed by atoms with E-state index in [1.165, 1.54) is 15.6 Å². The number of hydrogen-bond acceptors (Lipinski definition) is 4. The van der Waals surface area contributed by atoms with Crippen molar-refractivity contribution < 1.29 is 0 Å². The van der Waals surface area contributed by atoms with E-state index in [1.807, 2.05) is 24.6 Å². The maximum atomic E-state index is 4.48. The predicted octanol–water partition coefficient (Wildman–Crippen LogP) is 2.65. The second-order valence-corrected chi connectivity index (χ2v) is 7.31. The quantitative estimate of drug-likeness (QED) is 0.660. The lowest BCUT2D eigenvalue weighted by atomic mass is 10.2. The minimum absolute atomic E-state index is 0.877. The van der Waals surface area contributed by atoms with Crippen LogP contribution in [-0.2, 0) is 12.8 Å². The van der Waals surface area contributed by atoms with E-state index >= 15 is 0 Å². The second-order valence-electron chi connectivity index (χ2n) is 6.11. The molecule has 0 atom stereocenters. The van der Waals surface area contributed by atoms with E-state index in [9.17, 15) is 0 Å². The summed E-state index contributed by atoms with van der Waals surface area (Å²) < 4.78 is 0. The van der Waals surface area contributed by atoms with Crippen molar-refractivity contribution in [1.29, 1.82) is 0 Å². The molecule has 0 radical (unpaired) electrons. The van der Waals surface area contributed by atoms with Gasteiger partial charge in [-0.1, -0.05) is 25.1 Å². The van der Waals surface area contributed by atoms with Crippen molar-refractivity contribution in [3.8, 4) is 0 Å². The summed E-state index contributed by atoms with van der Waals surface area (Å²) in [5.41, 5.74) is 1.31. The van der Waals surface area contributed by atoms with Gasteiger partial charge < -0.3 is 15.1 Å². The van der Waals surface area contributed by atoms with Crippen LogP contribution in [0.5, 0.6) is 0 Å². The number of nitrogens with zero attached hydrogens (tertiary/aromatic N) is 4. The highest BCUT2D eigenvalue weighted by molar-refractivity contribution is 7.11. The molecule has 6 heteroatoms. The van der Waals surface area contributed by atoms with Crippen molar-refractivity contribution in [3.63, 3.8) is 0 Å². The highest BCUT2D eigenvalue weighted by Gasteiger charge is 2.19. The second kappa shape index (κ2) is 8.85. The first-order valence-electron chi connectivity index (χ1n) is 8.99. The van der Waals surface area contributed by atoms with Gasteiger partial charge in [0.05, 0.1) is 5.01 Å². The zero-order chi connectivity index (χ0) is 17.5. The van der Waals surface area contributed by atoms with E-state index in [-0.39, 0.29) is 0 Å². The minimum atomic E-state index is 0.877. The molecule has 1 fully saturated rings. The summed E-state index contributed by atoms with van der Waals surface area (Å²) in [5, 5.41) is 4.70. The lowest BCUT2D eigenvalue weighted by molar-refractivity contribution is 0.373. The van der Waals surface area contributed by atoms with Crippen LogP contribution in [0.1, 0.15) is 16.8 Å². The fourth-order valence-corrected chi connectivity index (χ4v) is 3.92. The molecule has 1 N–H and O–H groups in total. The van der Waals surface area contributed by atoms with Crippen molar-refractivity contribution in [2.75, 3.05) is 44.7 Å². The first kappa shape index (κ1) is 17.7. The molecule has 0 amide bonds. The average Bonchev–Trinajstić information content (AvgIpc) is 3.14. The van der Waals surface area contributed by atoms with E-state index < -0.39 is 0 Å². The fraction of sp³-hybridized carbons (Fsp3) is 0.474. The number of aromatic nitrogens is 1. The van der Waals surface area contributed by atoms with Gasteiger partial charge in [0, 0.05) is 63.0 Å². The van der Waals surface area contributed by atoms with Crippen LogP contribution in [0.15, 0.2) is 41.5 Å². The first-order valence-corrected chi connectivity index (χ1v) is 9.81. The van der Waals surface area contributed by atoms with E-state index in [0.717, 1.165) is 51.5 Å². The van der Waals surface area contributed by atoms with E-state index in [4.69, 9.17) is 0 Å². The number of anilines is 1. The number of aliphatic imine (C=N–C) groups is 1. The molecule has 0 unspecified atom stereocenters. The van der Waals surface area contributed by atoms with Gasteiger partial charge in [0.1, 0.15) is 0 Å².